The van der Waals surface area contributed by atoms with E-state index in [0.717, 1.165) is 44.6 Å². The summed E-state index contributed by atoms with van der Waals surface area (Å²) in [5.74, 6) is -1.13. The maximum atomic E-state index is 14.2. The second-order valence-electron chi connectivity index (χ2n) is 7.83. The van der Waals surface area contributed by atoms with Crippen molar-refractivity contribution in [3.8, 4) is 5.75 Å². The molecule has 0 aromatic heterocycles. The van der Waals surface area contributed by atoms with Crippen LogP contribution in [0.2, 0.25) is 0 Å². The van der Waals surface area contributed by atoms with E-state index < -0.39 is 29.8 Å². The normalized spacial score (nSPS) is 19.4. The highest BCUT2D eigenvalue weighted by Crippen LogP contribution is 2.41. The van der Waals surface area contributed by atoms with Gasteiger partial charge in [-0.1, -0.05) is 43.7 Å². The zero-order chi connectivity index (χ0) is 21.7. The first kappa shape index (κ1) is 22.3. The average Bonchev–Trinajstić information content (AvgIpc) is 2.69. The van der Waals surface area contributed by atoms with E-state index in [0.29, 0.717) is 11.5 Å². The van der Waals surface area contributed by atoms with E-state index in [9.17, 15) is 22.0 Å². The van der Waals surface area contributed by atoms with Crippen LogP contribution >= 0.6 is 0 Å². The molecule has 0 saturated heterocycles. The fourth-order valence-corrected chi connectivity index (χ4v) is 4.16. The number of aryl methyl sites for hydroxylation is 1. The molecule has 0 radical (unpaired) electrons. The molecule has 0 amide bonds. The van der Waals surface area contributed by atoms with Gasteiger partial charge in [0.25, 0.3) is 6.08 Å². The summed E-state index contributed by atoms with van der Waals surface area (Å²) in [6.45, 7) is 2.16. The standard InChI is InChI=1S/C24H25F5O/c1-2-3-16-4-6-17(7-5-16)18-8-10-19(11-9-18)20-12-13-22(21(25)14-20)30-24(28,29)15-23(26)27/h4-7,12-15,18-19H,2-3,8-11H2,1H3. The number of benzene rings is 2. The molecule has 30 heavy (non-hydrogen) atoms. The number of hydrogen-bond acceptors (Lipinski definition) is 1. The van der Waals surface area contributed by atoms with Crippen molar-refractivity contribution in [2.45, 2.75) is 63.4 Å². The van der Waals surface area contributed by atoms with Crippen molar-refractivity contribution in [1.29, 1.82) is 0 Å². The van der Waals surface area contributed by atoms with Crippen molar-refractivity contribution in [2.24, 2.45) is 0 Å². The highest BCUT2D eigenvalue weighted by atomic mass is 19.3. The maximum absolute atomic E-state index is 14.2. The summed E-state index contributed by atoms with van der Waals surface area (Å²) in [7, 11) is 0. The Kier molecular flexibility index (Phi) is 7.16. The lowest BCUT2D eigenvalue weighted by atomic mass is 9.76. The van der Waals surface area contributed by atoms with Gasteiger partial charge in [-0.05, 0) is 72.8 Å². The fourth-order valence-electron chi connectivity index (χ4n) is 4.16. The maximum Gasteiger partial charge on any atom is 0.425 e. The molecule has 0 unspecified atom stereocenters. The lowest BCUT2D eigenvalue weighted by molar-refractivity contribution is -0.135. The monoisotopic (exact) mass is 424 g/mol. The van der Waals surface area contributed by atoms with Crippen LogP contribution in [0, 0.1) is 5.82 Å². The molecule has 6 heteroatoms. The topological polar surface area (TPSA) is 9.23 Å². The van der Waals surface area contributed by atoms with Crippen LogP contribution in [0.25, 0.3) is 0 Å². The Morgan fingerprint density at radius 1 is 0.967 bits per heavy atom. The van der Waals surface area contributed by atoms with Crippen molar-refractivity contribution in [3.63, 3.8) is 0 Å². The average molecular weight is 424 g/mol. The Labute approximate surface area is 173 Å². The highest BCUT2D eigenvalue weighted by molar-refractivity contribution is 5.33. The molecule has 3 rings (SSSR count). The lowest BCUT2D eigenvalue weighted by Crippen LogP contribution is -2.22. The summed E-state index contributed by atoms with van der Waals surface area (Å²) < 4.78 is 69.1. The van der Waals surface area contributed by atoms with Crippen molar-refractivity contribution in [2.75, 3.05) is 0 Å². The minimum Gasteiger partial charge on any atom is -0.426 e. The van der Waals surface area contributed by atoms with Crippen LogP contribution in [0.1, 0.15) is 67.6 Å². The number of ether oxygens (including phenoxy) is 1. The van der Waals surface area contributed by atoms with E-state index in [4.69, 9.17) is 0 Å². The molecule has 1 nitrogen and oxygen atoms in total. The molecular formula is C24H25F5O. The molecule has 162 valence electrons. The van der Waals surface area contributed by atoms with Crippen molar-refractivity contribution in [3.05, 3.63) is 77.1 Å². The van der Waals surface area contributed by atoms with Gasteiger partial charge >= 0.3 is 6.11 Å². The molecule has 1 fully saturated rings. The van der Waals surface area contributed by atoms with Gasteiger partial charge in [0.15, 0.2) is 11.6 Å². The second-order valence-corrected chi connectivity index (χ2v) is 7.83. The van der Waals surface area contributed by atoms with E-state index >= 15 is 0 Å². The number of alkyl halides is 2. The predicted molar refractivity (Wildman–Crippen MR) is 107 cm³/mol. The fraction of sp³-hybridized carbons (Fsp3) is 0.417. The van der Waals surface area contributed by atoms with E-state index in [2.05, 4.69) is 35.9 Å². The van der Waals surface area contributed by atoms with Gasteiger partial charge in [-0.15, -0.1) is 0 Å². The van der Waals surface area contributed by atoms with Crippen LogP contribution in [0.15, 0.2) is 54.6 Å². The van der Waals surface area contributed by atoms with Crippen molar-refractivity contribution in [1.82, 2.24) is 0 Å². The Hall–Kier alpha value is -2.37. The first-order chi connectivity index (χ1) is 14.3. The largest absolute Gasteiger partial charge is 0.426 e. The third kappa shape index (κ3) is 5.83. The zero-order valence-electron chi connectivity index (χ0n) is 16.8. The lowest BCUT2D eigenvalue weighted by Gasteiger charge is -2.29. The Morgan fingerprint density at radius 3 is 2.07 bits per heavy atom. The summed E-state index contributed by atoms with van der Waals surface area (Å²) in [5, 5.41) is 0. The van der Waals surface area contributed by atoms with Crippen LogP contribution in [0.4, 0.5) is 22.0 Å². The summed E-state index contributed by atoms with van der Waals surface area (Å²) in [6.07, 6.45) is -1.64. The van der Waals surface area contributed by atoms with Gasteiger partial charge in [0, 0.05) is 0 Å². The van der Waals surface area contributed by atoms with E-state index in [1.807, 2.05) is 0 Å². The molecule has 2 aromatic rings. The van der Waals surface area contributed by atoms with Crippen LogP contribution in [0.3, 0.4) is 0 Å². The first-order valence-electron chi connectivity index (χ1n) is 10.3. The third-order valence-corrected chi connectivity index (χ3v) is 5.67. The molecule has 0 heterocycles. The van der Waals surface area contributed by atoms with Gasteiger partial charge in [-0.2, -0.15) is 17.6 Å². The van der Waals surface area contributed by atoms with Crippen molar-refractivity contribution < 1.29 is 26.7 Å². The zero-order valence-corrected chi connectivity index (χ0v) is 16.8. The molecule has 1 aliphatic rings. The molecule has 2 aromatic carbocycles. The van der Waals surface area contributed by atoms with Crippen molar-refractivity contribution >= 4 is 0 Å². The summed E-state index contributed by atoms with van der Waals surface area (Å²) in [6, 6.07) is 12.5. The molecule has 0 spiro atoms. The van der Waals surface area contributed by atoms with Crippen LogP contribution < -0.4 is 4.74 Å². The molecule has 0 atom stereocenters. The van der Waals surface area contributed by atoms with Gasteiger partial charge in [0.2, 0.25) is 0 Å². The third-order valence-electron chi connectivity index (χ3n) is 5.67. The molecule has 1 saturated carbocycles. The Balaban J connectivity index is 1.61. The molecule has 1 aliphatic carbocycles. The Bertz CT molecular complexity index is 864. The minimum absolute atomic E-state index is 0.132. The number of halogens is 5. The molecule has 0 bridgehead atoms. The summed E-state index contributed by atoms with van der Waals surface area (Å²) in [4.78, 5) is 0. The minimum atomic E-state index is -4.27. The van der Waals surface area contributed by atoms with E-state index in [1.165, 1.54) is 23.3 Å². The number of hydrogen-bond donors (Lipinski definition) is 0. The van der Waals surface area contributed by atoms with Crippen LogP contribution in [0.5, 0.6) is 5.75 Å². The number of rotatable bonds is 7. The van der Waals surface area contributed by atoms with Crippen LogP contribution in [-0.4, -0.2) is 6.11 Å². The van der Waals surface area contributed by atoms with Gasteiger partial charge in [0.05, 0.1) is 6.08 Å². The molecular weight excluding hydrogens is 399 g/mol. The van der Waals surface area contributed by atoms with E-state index in [1.54, 1.807) is 0 Å². The van der Waals surface area contributed by atoms with Gasteiger partial charge in [-0.25, -0.2) is 4.39 Å². The molecule has 0 N–H and O–H groups in total. The first-order valence-corrected chi connectivity index (χ1v) is 10.3. The second kappa shape index (κ2) is 9.63. The van der Waals surface area contributed by atoms with E-state index in [-0.39, 0.29) is 5.92 Å². The van der Waals surface area contributed by atoms with Gasteiger partial charge < -0.3 is 4.74 Å². The quantitative estimate of drug-likeness (QED) is 0.410. The Morgan fingerprint density at radius 2 is 1.53 bits per heavy atom. The SMILES string of the molecule is CCCc1ccc(C2CCC(c3ccc(OC(F)(F)C=C(F)F)c(F)c3)CC2)cc1. The van der Waals surface area contributed by atoms with Gasteiger partial charge in [-0.3, -0.25) is 0 Å². The summed E-state index contributed by atoms with van der Waals surface area (Å²) >= 11 is 0. The predicted octanol–water partition coefficient (Wildman–Crippen LogP) is 7.97. The molecule has 0 aliphatic heterocycles. The smallest absolute Gasteiger partial charge is 0.425 e. The highest BCUT2D eigenvalue weighted by Gasteiger charge is 2.32. The summed E-state index contributed by atoms with van der Waals surface area (Å²) in [5.41, 5.74) is 3.37. The van der Waals surface area contributed by atoms with Crippen LogP contribution in [-0.2, 0) is 6.42 Å². The van der Waals surface area contributed by atoms with Gasteiger partial charge in [0.1, 0.15) is 0 Å².